The SMILES string of the molecule is CC1(C)OC2CCNC3C4CNCCC4N(C4CCNCC41)C23. The van der Waals surface area contributed by atoms with Crippen LogP contribution in [0.25, 0.3) is 0 Å². The van der Waals surface area contributed by atoms with E-state index >= 15 is 0 Å². The molecule has 23 heavy (non-hydrogen) atoms. The third-order valence-electron chi connectivity index (χ3n) is 7.41. The van der Waals surface area contributed by atoms with Gasteiger partial charge in [0.15, 0.2) is 0 Å². The summed E-state index contributed by atoms with van der Waals surface area (Å²) < 4.78 is 6.82. The average Bonchev–Trinajstić information content (AvgIpc) is 2.85. The van der Waals surface area contributed by atoms with Crippen molar-refractivity contribution >= 4 is 0 Å². The van der Waals surface area contributed by atoms with E-state index in [0.29, 0.717) is 30.1 Å². The molecule has 0 aliphatic carbocycles. The van der Waals surface area contributed by atoms with Gasteiger partial charge >= 0.3 is 0 Å². The van der Waals surface area contributed by atoms with Crippen LogP contribution < -0.4 is 16.0 Å². The summed E-state index contributed by atoms with van der Waals surface area (Å²) in [6.07, 6.45) is 4.17. The Morgan fingerprint density at radius 2 is 1.74 bits per heavy atom. The second-order valence-electron chi connectivity index (χ2n) is 8.86. The summed E-state index contributed by atoms with van der Waals surface area (Å²) in [7, 11) is 0. The molecule has 5 saturated heterocycles. The van der Waals surface area contributed by atoms with Crippen LogP contribution in [0.5, 0.6) is 0 Å². The quantitative estimate of drug-likeness (QED) is 0.594. The second kappa shape index (κ2) is 5.40. The van der Waals surface area contributed by atoms with Crippen molar-refractivity contribution in [1.82, 2.24) is 20.9 Å². The van der Waals surface area contributed by atoms with Gasteiger partial charge in [0.2, 0.25) is 0 Å². The molecule has 130 valence electrons. The standard InChI is InChI=1S/C18H32N4O/c1-18(2)12-10-20-7-4-14(12)22-13-3-6-19-9-11(13)16-17(22)15(23-18)5-8-21-16/h11-17,19-21H,3-10H2,1-2H3. The summed E-state index contributed by atoms with van der Waals surface area (Å²) in [6.45, 7) is 10.4. The Morgan fingerprint density at radius 3 is 2.61 bits per heavy atom. The Labute approximate surface area is 139 Å². The summed E-state index contributed by atoms with van der Waals surface area (Å²) in [5, 5.41) is 11.2. The van der Waals surface area contributed by atoms with Gasteiger partial charge in [-0.3, -0.25) is 4.90 Å². The molecule has 3 N–H and O–H groups in total. The van der Waals surface area contributed by atoms with Gasteiger partial charge in [-0.15, -0.1) is 0 Å². The average molecular weight is 320 g/mol. The predicted molar refractivity (Wildman–Crippen MR) is 90.5 cm³/mol. The summed E-state index contributed by atoms with van der Waals surface area (Å²) in [5.41, 5.74) is -0.0165. The summed E-state index contributed by atoms with van der Waals surface area (Å²) in [4.78, 5) is 2.97. The van der Waals surface area contributed by atoms with Gasteiger partial charge < -0.3 is 20.7 Å². The lowest BCUT2D eigenvalue weighted by Gasteiger charge is -2.46. The zero-order chi connectivity index (χ0) is 15.6. The number of nitrogens with one attached hydrogen (secondary N) is 3. The monoisotopic (exact) mass is 320 g/mol. The molecule has 5 fully saturated rings. The van der Waals surface area contributed by atoms with Crippen molar-refractivity contribution in [2.24, 2.45) is 11.8 Å². The lowest BCUT2D eigenvalue weighted by Crippen LogP contribution is -2.59. The summed E-state index contributed by atoms with van der Waals surface area (Å²) in [6, 6.07) is 2.65. The number of fused-ring (bicyclic) bond motifs is 5. The van der Waals surface area contributed by atoms with E-state index in [9.17, 15) is 0 Å². The molecule has 0 aromatic carbocycles. The highest BCUT2D eigenvalue weighted by Crippen LogP contribution is 2.47. The highest BCUT2D eigenvalue weighted by atomic mass is 16.5. The lowest BCUT2D eigenvalue weighted by atomic mass is 9.79. The van der Waals surface area contributed by atoms with Crippen molar-refractivity contribution in [3.05, 3.63) is 0 Å². The van der Waals surface area contributed by atoms with Crippen LogP contribution in [0.1, 0.15) is 33.1 Å². The summed E-state index contributed by atoms with van der Waals surface area (Å²) >= 11 is 0. The highest BCUT2D eigenvalue weighted by Gasteiger charge is 2.60. The van der Waals surface area contributed by atoms with Gasteiger partial charge in [-0.05, 0) is 52.7 Å². The Morgan fingerprint density at radius 1 is 0.957 bits per heavy atom. The second-order valence-corrected chi connectivity index (χ2v) is 8.86. The molecule has 5 heterocycles. The van der Waals surface area contributed by atoms with E-state index in [1.807, 2.05) is 0 Å². The molecular weight excluding hydrogens is 288 g/mol. The van der Waals surface area contributed by atoms with Crippen LogP contribution in [0.4, 0.5) is 0 Å². The molecule has 5 aliphatic heterocycles. The first-order valence-corrected chi connectivity index (χ1v) is 9.77. The number of ether oxygens (including phenoxy) is 1. The zero-order valence-electron chi connectivity index (χ0n) is 14.6. The smallest absolute Gasteiger partial charge is 0.0765 e. The fourth-order valence-electron chi connectivity index (χ4n) is 6.51. The fraction of sp³-hybridized carbons (Fsp3) is 1.00. The maximum atomic E-state index is 6.82. The third kappa shape index (κ3) is 2.17. The van der Waals surface area contributed by atoms with Crippen molar-refractivity contribution in [2.45, 2.75) is 69.0 Å². The number of nitrogens with zero attached hydrogens (tertiary/aromatic N) is 1. The topological polar surface area (TPSA) is 48.6 Å². The Bertz CT molecular complexity index is 470. The van der Waals surface area contributed by atoms with E-state index in [-0.39, 0.29) is 5.60 Å². The highest BCUT2D eigenvalue weighted by molar-refractivity contribution is 5.15. The van der Waals surface area contributed by atoms with Gasteiger partial charge in [0.05, 0.1) is 17.7 Å². The molecule has 5 rings (SSSR count). The Hall–Kier alpha value is -0.200. The maximum absolute atomic E-state index is 6.82. The minimum absolute atomic E-state index is 0.0165. The first-order chi connectivity index (χ1) is 11.2. The van der Waals surface area contributed by atoms with Crippen LogP contribution in [0.15, 0.2) is 0 Å². The molecule has 0 saturated carbocycles. The zero-order valence-corrected chi connectivity index (χ0v) is 14.6. The Balaban J connectivity index is 1.58. The molecule has 5 nitrogen and oxygen atoms in total. The molecule has 0 aromatic heterocycles. The van der Waals surface area contributed by atoms with E-state index in [0.717, 1.165) is 25.0 Å². The minimum atomic E-state index is -0.0165. The van der Waals surface area contributed by atoms with Crippen LogP contribution in [-0.4, -0.2) is 73.5 Å². The van der Waals surface area contributed by atoms with Gasteiger partial charge in [0.25, 0.3) is 0 Å². The molecule has 0 aromatic rings. The van der Waals surface area contributed by atoms with Gasteiger partial charge in [-0.2, -0.15) is 0 Å². The van der Waals surface area contributed by atoms with Gasteiger partial charge in [0, 0.05) is 43.1 Å². The van der Waals surface area contributed by atoms with Crippen LogP contribution >= 0.6 is 0 Å². The normalized spacial score (nSPS) is 52.2. The molecule has 5 heteroatoms. The first kappa shape index (κ1) is 15.1. The van der Waals surface area contributed by atoms with Crippen molar-refractivity contribution in [3.63, 3.8) is 0 Å². The molecule has 0 amide bonds. The maximum Gasteiger partial charge on any atom is 0.0765 e. The van der Waals surface area contributed by atoms with Gasteiger partial charge in [-0.25, -0.2) is 0 Å². The fourth-order valence-corrected chi connectivity index (χ4v) is 6.51. The van der Waals surface area contributed by atoms with Crippen molar-refractivity contribution in [1.29, 1.82) is 0 Å². The number of rotatable bonds is 0. The van der Waals surface area contributed by atoms with Crippen LogP contribution in [0, 0.1) is 11.8 Å². The molecule has 7 unspecified atom stereocenters. The molecule has 0 radical (unpaired) electrons. The van der Waals surface area contributed by atoms with E-state index in [1.165, 1.54) is 38.9 Å². The molecule has 0 spiro atoms. The van der Waals surface area contributed by atoms with E-state index < -0.39 is 0 Å². The van der Waals surface area contributed by atoms with Crippen molar-refractivity contribution in [3.8, 4) is 0 Å². The molecule has 0 bridgehead atoms. The largest absolute Gasteiger partial charge is 0.370 e. The third-order valence-corrected chi connectivity index (χ3v) is 7.41. The minimum Gasteiger partial charge on any atom is -0.370 e. The lowest BCUT2D eigenvalue weighted by molar-refractivity contribution is -0.114. The van der Waals surface area contributed by atoms with Crippen molar-refractivity contribution < 1.29 is 4.74 Å². The van der Waals surface area contributed by atoms with Gasteiger partial charge in [-0.1, -0.05) is 0 Å². The molecular formula is C18H32N4O. The number of hydrogen-bond acceptors (Lipinski definition) is 5. The van der Waals surface area contributed by atoms with Crippen molar-refractivity contribution in [2.75, 3.05) is 32.7 Å². The predicted octanol–water partition coefficient (Wildman–Crippen LogP) is 0.166. The Kier molecular flexibility index (Phi) is 3.54. The van der Waals surface area contributed by atoms with Gasteiger partial charge in [0.1, 0.15) is 0 Å². The molecule has 5 aliphatic rings. The first-order valence-electron chi connectivity index (χ1n) is 9.77. The summed E-state index contributed by atoms with van der Waals surface area (Å²) in [5.74, 6) is 1.37. The van der Waals surface area contributed by atoms with Crippen LogP contribution in [0.3, 0.4) is 0 Å². The van der Waals surface area contributed by atoms with E-state index in [2.05, 4.69) is 34.7 Å². The van der Waals surface area contributed by atoms with E-state index in [4.69, 9.17) is 4.74 Å². The number of piperidine rings is 3. The van der Waals surface area contributed by atoms with Crippen LogP contribution in [0.2, 0.25) is 0 Å². The molecule has 7 atom stereocenters. The number of hydrogen-bond donors (Lipinski definition) is 3. The van der Waals surface area contributed by atoms with E-state index in [1.54, 1.807) is 0 Å². The van der Waals surface area contributed by atoms with Crippen LogP contribution in [-0.2, 0) is 4.74 Å².